The maximum Gasteiger partial charge on any atom is 0.220 e. The highest BCUT2D eigenvalue weighted by atomic mass is 16.6. The molecule has 0 N–H and O–H groups in total. The molecule has 0 saturated heterocycles. The van der Waals surface area contributed by atoms with Gasteiger partial charge in [0, 0.05) is 31.1 Å². The van der Waals surface area contributed by atoms with Gasteiger partial charge in [-0.2, -0.15) is 0 Å². The number of rotatable bonds is 6. The smallest absolute Gasteiger partial charge is 0.220 e. The third-order valence-corrected chi connectivity index (χ3v) is 2.24. The van der Waals surface area contributed by atoms with Crippen molar-refractivity contribution in [1.82, 2.24) is 0 Å². The van der Waals surface area contributed by atoms with Gasteiger partial charge in [-0.05, 0) is 13.3 Å². The lowest BCUT2D eigenvalue weighted by Crippen LogP contribution is -2.35. The van der Waals surface area contributed by atoms with E-state index < -0.39 is 5.54 Å². The molecule has 0 saturated carbocycles. The van der Waals surface area contributed by atoms with Crippen LogP contribution < -0.4 is 0 Å². The molecule has 0 aliphatic rings. The summed E-state index contributed by atoms with van der Waals surface area (Å²) >= 11 is 0. The average molecular weight is 187 g/mol. The van der Waals surface area contributed by atoms with E-state index in [1.165, 1.54) is 6.92 Å². The van der Waals surface area contributed by atoms with E-state index in [4.69, 9.17) is 0 Å². The fraction of sp³-hybridized carbons (Fsp3) is 0.889. The normalized spacial score (nSPS) is 15.0. The van der Waals surface area contributed by atoms with Crippen molar-refractivity contribution >= 4 is 5.78 Å². The van der Waals surface area contributed by atoms with Crippen LogP contribution in [-0.4, -0.2) is 16.2 Å². The van der Waals surface area contributed by atoms with Crippen LogP contribution in [0, 0.1) is 10.1 Å². The van der Waals surface area contributed by atoms with Crippen LogP contribution in [0.5, 0.6) is 0 Å². The summed E-state index contributed by atoms with van der Waals surface area (Å²) in [7, 11) is 0. The summed E-state index contributed by atoms with van der Waals surface area (Å²) in [6, 6.07) is 0. The van der Waals surface area contributed by atoms with E-state index in [2.05, 4.69) is 0 Å². The second-order valence-corrected chi connectivity index (χ2v) is 3.71. The van der Waals surface area contributed by atoms with Gasteiger partial charge in [0.1, 0.15) is 5.78 Å². The fourth-order valence-corrected chi connectivity index (χ4v) is 1.29. The molecule has 0 radical (unpaired) electrons. The predicted molar refractivity (Wildman–Crippen MR) is 50.2 cm³/mol. The van der Waals surface area contributed by atoms with E-state index in [9.17, 15) is 14.9 Å². The lowest BCUT2D eigenvalue weighted by atomic mass is 9.91. The van der Waals surface area contributed by atoms with Crippen LogP contribution in [0.25, 0.3) is 0 Å². The number of carbonyl (C=O) groups excluding carboxylic acids is 1. The van der Waals surface area contributed by atoms with Gasteiger partial charge in [0.25, 0.3) is 0 Å². The summed E-state index contributed by atoms with van der Waals surface area (Å²) in [5.41, 5.74) is -0.916. The van der Waals surface area contributed by atoms with Gasteiger partial charge in [0.2, 0.25) is 5.54 Å². The van der Waals surface area contributed by atoms with Crippen LogP contribution in [-0.2, 0) is 4.79 Å². The Morgan fingerprint density at radius 3 is 2.31 bits per heavy atom. The molecular formula is C9H17NO3. The lowest BCUT2D eigenvalue weighted by molar-refractivity contribution is -0.567. The Morgan fingerprint density at radius 2 is 2.00 bits per heavy atom. The topological polar surface area (TPSA) is 60.2 Å². The quantitative estimate of drug-likeness (QED) is 0.473. The molecule has 0 rings (SSSR count). The lowest BCUT2D eigenvalue weighted by Gasteiger charge is -2.19. The Balaban J connectivity index is 4.24. The van der Waals surface area contributed by atoms with Crippen LogP contribution in [0.1, 0.15) is 46.5 Å². The van der Waals surface area contributed by atoms with Gasteiger partial charge in [-0.15, -0.1) is 0 Å². The van der Waals surface area contributed by atoms with Crippen molar-refractivity contribution < 1.29 is 9.72 Å². The van der Waals surface area contributed by atoms with Crippen molar-refractivity contribution in [3.63, 3.8) is 0 Å². The van der Waals surface area contributed by atoms with Gasteiger partial charge < -0.3 is 4.79 Å². The minimum Gasteiger partial charge on any atom is -0.300 e. The molecule has 0 fully saturated rings. The zero-order chi connectivity index (χ0) is 10.5. The monoisotopic (exact) mass is 187 g/mol. The molecule has 0 aliphatic carbocycles. The standard InChI is InChI=1S/C9H17NO3/c1-4-6-9(3,10(12)13)7-5-8(2)11/h4-7H2,1-3H3. The molecular weight excluding hydrogens is 170 g/mol. The number of nitrogens with zero attached hydrogens (tertiary/aromatic N) is 1. The first-order valence-electron chi connectivity index (χ1n) is 4.56. The highest BCUT2D eigenvalue weighted by Crippen LogP contribution is 2.22. The van der Waals surface area contributed by atoms with E-state index in [1.54, 1.807) is 6.92 Å². The first-order chi connectivity index (χ1) is 5.92. The highest BCUT2D eigenvalue weighted by Gasteiger charge is 2.35. The van der Waals surface area contributed by atoms with E-state index in [-0.39, 0.29) is 10.7 Å². The predicted octanol–water partition coefficient (Wildman–Crippen LogP) is 2.19. The number of ketones is 1. The van der Waals surface area contributed by atoms with Crippen molar-refractivity contribution in [2.75, 3.05) is 0 Å². The highest BCUT2D eigenvalue weighted by molar-refractivity contribution is 5.75. The minimum absolute atomic E-state index is 0.0178. The van der Waals surface area contributed by atoms with Gasteiger partial charge in [-0.1, -0.05) is 6.92 Å². The third-order valence-electron chi connectivity index (χ3n) is 2.24. The molecule has 0 aromatic rings. The molecule has 0 heterocycles. The maximum absolute atomic E-state index is 10.7. The summed E-state index contributed by atoms with van der Waals surface area (Å²) in [5, 5.41) is 10.7. The van der Waals surface area contributed by atoms with E-state index >= 15 is 0 Å². The Bertz CT molecular complexity index is 203. The Labute approximate surface area is 78.5 Å². The van der Waals surface area contributed by atoms with Crippen molar-refractivity contribution in [1.29, 1.82) is 0 Å². The summed E-state index contributed by atoms with van der Waals surface area (Å²) in [4.78, 5) is 21.1. The van der Waals surface area contributed by atoms with Crippen LogP contribution in [0.3, 0.4) is 0 Å². The zero-order valence-electron chi connectivity index (χ0n) is 8.50. The van der Waals surface area contributed by atoms with Crippen LogP contribution in [0.4, 0.5) is 0 Å². The zero-order valence-corrected chi connectivity index (χ0v) is 8.50. The van der Waals surface area contributed by atoms with Gasteiger partial charge in [-0.25, -0.2) is 0 Å². The van der Waals surface area contributed by atoms with Crippen molar-refractivity contribution in [2.24, 2.45) is 0 Å². The van der Waals surface area contributed by atoms with E-state index in [1.807, 2.05) is 6.92 Å². The van der Waals surface area contributed by atoms with E-state index in [0.29, 0.717) is 19.3 Å². The fourth-order valence-electron chi connectivity index (χ4n) is 1.29. The van der Waals surface area contributed by atoms with Crippen LogP contribution >= 0.6 is 0 Å². The number of hydrogen-bond donors (Lipinski definition) is 0. The molecule has 0 spiro atoms. The summed E-state index contributed by atoms with van der Waals surface area (Å²) in [6.45, 7) is 4.99. The molecule has 0 aliphatic heterocycles. The van der Waals surface area contributed by atoms with Gasteiger partial charge >= 0.3 is 0 Å². The molecule has 1 atom stereocenters. The molecule has 4 nitrogen and oxygen atoms in total. The Morgan fingerprint density at radius 1 is 1.46 bits per heavy atom. The largest absolute Gasteiger partial charge is 0.300 e. The van der Waals surface area contributed by atoms with Crippen molar-refractivity contribution in [3.8, 4) is 0 Å². The summed E-state index contributed by atoms with van der Waals surface area (Å²) < 4.78 is 0. The molecule has 0 aromatic carbocycles. The van der Waals surface area contributed by atoms with Gasteiger partial charge in [-0.3, -0.25) is 10.1 Å². The number of Topliss-reactive ketones (excluding diaryl/α,β-unsaturated/α-hetero) is 1. The SMILES string of the molecule is CCCC(C)(CCC(C)=O)[N+](=O)[O-]. The third kappa shape index (κ3) is 4.01. The summed E-state index contributed by atoms with van der Waals surface area (Å²) in [6.07, 6.45) is 1.96. The molecule has 0 amide bonds. The molecule has 1 unspecified atom stereocenters. The summed E-state index contributed by atoms with van der Waals surface area (Å²) in [5.74, 6) is 0.0178. The Hall–Kier alpha value is -0.930. The van der Waals surface area contributed by atoms with Crippen molar-refractivity contribution in [3.05, 3.63) is 10.1 Å². The van der Waals surface area contributed by atoms with Crippen LogP contribution in [0.2, 0.25) is 0 Å². The first kappa shape index (κ1) is 12.1. The van der Waals surface area contributed by atoms with Crippen LogP contribution in [0.15, 0.2) is 0 Å². The molecule has 0 bridgehead atoms. The number of carbonyl (C=O) groups is 1. The van der Waals surface area contributed by atoms with Crippen molar-refractivity contribution in [2.45, 2.75) is 52.0 Å². The molecule has 0 aromatic heterocycles. The molecule has 76 valence electrons. The maximum atomic E-state index is 10.7. The second-order valence-electron chi connectivity index (χ2n) is 3.71. The second kappa shape index (κ2) is 4.94. The number of nitro groups is 1. The first-order valence-corrected chi connectivity index (χ1v) is 4.56. The van der Waals surface area contributed by atoms with Gasteiger partial charge in [0.05, 0.1) is 0 Å². The van der Waals surface area contributed by atoms with Gasteiger partial charge in [0.15, 0.2) is 0 Å². The molecule has 13 heavy (non-hydrogen) atoms. The molecule has 4 heteroatoms. The number of hydrogen-bond acceptors (Lipinski definition) is 3. The Kier molecular flexibility index (Phi) is 4.59. The minimum atomic E-state index is -0.916. The van der Waals surface area contributed by atoms with E-state index in [0.717, 1.165) is 6.42 Å². The average Bonchev–Trinajstić information content (AvgIpc) is 2.01.